The highest BCUT2D eigenvalue weighted by molar-refractivity contribution is 4.91. The Morgan fingerprint density at radius 2 is 2.25 bits per heavy atom. The summed E-state index contributed by atoms with van der Waals surface area (Å²) in [6.07, 6.45) is 4.69. The highest BCUT2D eigenvalue weighted by Crippen LogP contribution is 2.31. The van der Waals surface area contributed by atoms with Crippen LogP contribution < -0.4 is 0 Å². The monoisotopic (exact) mass is 164 g/mol. The zero-order valence-electron chi connectivity index (χ0n) is 6.98. The van der Waals surface area contributed by atoms with Gasteiger partial charge in [-0.05, 0) is 24.3 Å². The number of nitriles is 1. The molecule has 0 aromatic carbocycles. The molecule has 1 rings (SSSR count). The Bertz CT molecular complexity index is 218. The highest BCUT2D eigenvalue weighted by Gasteiger charge is 2.23. The van der Waals surface area contributed by atoms with E-state index in [9.17, 15) is 0 Å². The summed E-state index contributed by atoms with van der Waals surface area (Å²) in [5, 5.41) is 12.2. The quantitative estimate of drug-likeness (QED) is 0.359. The van der Waals surface area contributed by atoms with Crippen molar-refractivity contribution in [1.82, 2.24) is 0 Å². The molecule has 4 nitrogen and oxygen atoms in total. The van der Waals surface area contributed by atoms with Crippen LogP contribution in [0.15, 0.2) is 5.11 Å². The fraction of sp³-hybridized carbons (Fsp3) is 0.875. The fourth-order valence-electron chi connectivity index (χ4n) is 1.78. The molecule has 1 fully saturated rings. The lowest BCUT2D eigenvalue weighted by atomic mass is 9.92. The molecular weight excluding hydrogens is 152 g/mol. The smallest absolute Gasteiger partial charge is 0.0660 e. The van der Waals surface area contributed by atoms with Gasteiger partial charge in [-0.15, -0.1) is 0 Å². The van der Waals surface area contributed by atoms with Gasteiger partial charge >= 0.3 is 0 Å². The minimum Gasteiger partial charge on any atom is -0.198 e. The van der Waals surface area contributed by atoms with Gasteiger partial charge in [0.05, 0.1) is 12.0 Å². The van der Waals surface area contributed by atoms with E-state index in [-0.39, 0.29) is 5.92 Å². The van der Waals surface area contributed by atoms with Crippen LogP contribution in [0.1, 0.15) is 25.7 Å². The third kappa shape index (κ3) is 2.14. The van der Waals surface area contributed by atoms with Gasteiger partial charge in [0.1, 0.15) is 0 Å². The maximum absolute atomic E-state index is 8.78. The average molecular weight is 164 g/mol. The van der Waals surface area contributed by atoms with E-state index in [1.807, 2.05) is 0 Å². The molecule has 0 bridgehead atoms. The van der Waals surface area contributed by atoms with Crippen molar-refractivity contribution >= 4 is 0 Å². The first kappa shape index (κ1) is 8.89. The van der Waals surface area contributed by atoms with Crippen LogP contribution >= 0.6 is 0 Å². The van der Waals surface area contributed by atoms with Crippen molar-refractivity contribution in [2.75, 3.05) is 6.54 Å². The van der Waals surface area contributed by atoms with Crippen LogP contribution in [0, 0.1) is 23.2 Å². The molecule has 0 aromatic rings. The lowest BCUT2D eigenvalue weighted by molar-refractivity contribution is 0.421. The Morgan fingerprint density at radius 3 is 2.75 bits per heavy atom. The van der Waals surface area contributed by atoms with Crippen molar-refractivity contribution in [1.29, 1.82) is 5.26 Å². The minimum atomic E-state index is -0.0524. The summed E-state index contributed by atoms with van der Waals surface area (Å²) in [5.74, 6) is 0.420. The van der Waals surface area contributed by atoms with Gasteiger partial charge in [-0.3, -0.25) is 0 Å². The number of hydrogen-bond acceptors (Lipinski definition) is 2. The van der Waals surface area contributed by atoms with E-state index in [4.69, 9.17) is 10.8 Å². The van der Waals surface area contributed by atoms with Crippen LogP contribution in [-0.2, 0) is 0 Å². The first-order valence-corrected chi connectivity index (χ1v) is 4.29. The van der Waals surface area contributed by atoms with E-state index in [2.05, 4.69) is 16.1 Å². The number of azide groups is 1. The first-order chi connectivity index (χ1) is 5.88. The van der Waals surface area contributed by atoms with Crippen LogP contribution in [0.3, 0.4) is 0 Å². The van der Waals surface area contributed by atoms with Crippen LogP contribution in [0.5, 0.6) is 0 Å². The molecule has 0 heterocycles. The largest absolute Gasteiger partial charge is 0.198 e. The second-order valence-electron chi connectivity index (χ2n) is 3.19. The van der Waals surface area contributed by atoms with Crippen LogP contribution in [0.2, 0.25) is 0 Å². The molecule has 0 aliphatic heterocycles. The Kier molecular flexibility index (Phi) is 3.43. The molecule has 0 radical (unpaired) electrons. The summed E-state index contributed by atoms with van der Waals surface area (Å²) < 4.78 is 0. The lowest BCUT2D eigenvalue weighted by Crippen LogP contribution is -2.12. The predicted molar refractivity (Wildman–Crippen MR) is 45.1 cm³/mol. The van der Waals surface area contributed by atoms with E-state index in [1.54, 1.807) is 0 Å². The molecule has 1 atom stereocenters. The van der Waals surface area contributed by atoms with Gasteiger partial charge in [-0.2, -0.15) is 5.26 Å². The van der Waals surface area contributed by atoms with Crippen LogP contribution in [-0.4, -0.2) is 6.54 Å². The molecule has 0 aromatic heterocycles. The third-order valence-electron chi connectivity index (χ3n) is 2.48. The third-order valence-corrected chi connectivity index (χ3v) is 2.48. The molecule has 1 aliphatic carbocycles. The van der Waals surface area contributed by atoms with Crippen molar-refractivity contribution < 1.29 is 0 Å². The number of hydrogen-bond donors (Lipinski definition) is 0. The Labute approximate surface area is 71.8 Å². The van der Waals surface area contributed by atoms with Gasteiger partial charge in [0.2, 0.25) is 0 Å². The fourth-order valence-corrected chi connectivity index (χ4v) is 1.78. The molecule has 1 unspecified atom stereocenters. The second kappa shape index (κ2) is 4.63. The normalized spacial score (nSPS) is 19.6. The van der Waals surface area contributed by atoms with Crippen molar-refractivity contribution in [2.45, 2.75) is 25.7 Å². The minimum absolute atomic E-state index is 0.0524. The molecule has 0 N–H and O–H groups in total. The molecule has 1 saturated carbocycles. The molecule has 1 aliphatic rings. The van der Waals surface area contributed by atoms with E-state index in [1.165, 1.54) is 12.8 Å². The molecule has 0 saturated heterocycles. The van der Waals surface area contributed by atoms with Crippen molar-refractivity contribution in [2.24, 2.45) is 17.0 Å². The standard InChI is InChI=1S/C8H12N4/c9-5-8(6-11-12-10)7-3-1-2-4-7/h7-8H,1-4,6H2. The molecule has 12 heavy (non-hydrogen) atoms. The second-order valence-corrected chi connectivity index (χ2v) is 3.19. The summed E-state index contributed by atoms with van der Waals surface area (Å²) in [4.78, 5) is 2.67. The SMILES string of the molecule is N#CC(CN=[N+]=[N-])C1CCCC1. The maximum atomic E-state index is 8.78. The van der Waals surface area contributed by atoms with E-state index < -0.39 is 0 Å². The summed E-state index contributed by atoms with van der Waals surface area (Å²) in [7, 11) is 0. The lowest BCUT2D eigenvalue weighted by Gasteiger charge is -2.12. The number of rotatable bonds is 3. The molecule has 4 heteroatoms. The molecular formula is C8H12N4. The first-order valence-electron chi connectivity index (χ1n) is 4.29. The van der Waals surface area contributed by atoms with E-state index >= 15 is 0 Å². The average Bonchev–Trinajstić information content (AvgIpc) is 2.59. The topological polar surface area (TPSA) is 72.5 Å². The highest BCUT2D eigenvalue weighted by atomic mass is 15.1. The molecule has 64 valence electrons. The number of nitrogens with zero attached hydrogens (tertiary/aromatic N) is 4. The van der Waals surface area contributed by atoms with Crippen LogP contribution in [0.25, 0.3) is 10.4 Å². The Morgan fingerprint density at radius 1 is 1.58 bits per heavy atom. The Hall–Kier alpha value is -1.20. The summed E-state index contributed by atoms with van der Waals surface area (Å²) in [6, 6.07) is 2.21. The van der Waals surface area contributed by atoms with E-state index in [0.717, 1.165) is 12.8 Å². The van der Waals surface area contributed by atoms with Gasteiger partial charge < -0.3 is 0 Å². The van der Waals surface area contributed by atoms with Gasteiger partial charge in [0.25, 0.3) is 0 Å². The summed E-state index contributed by atoms with van der Waals surface area (Å²) in [6.45, 7) is 0.345. The van der Waals surface area contributed by atoms with Gasteiger partial charge in [-0.1, -0.05) is 18.0 Å². The predicted octanol–water partition coefficient (Wildman–Crippen LogP) is 2.63. The van der Waals surface area contributed by atoms with Gasteiger partial charge in [0, 0.05) is 11.5 Å². The Balaban J connectivity index is 2.44. The zero-order valence-corrected chi connectivity index (χ0v) is 6.98. The van der Waals surface area contributed by atoms with Gasteiger partial charge in [-0.25, -0.2) is 0 Å². The molecule has 0 amide bonds. The molecule has 0 spiro atoms. The van der Waals surface area contributed by atoms with Crippen molar-refractivity contribution in [3.8, 4) is 6.07 Å². The zero-order chi connectivity index (χ0) is 8.81. The summed E-state index contributed by atoms with van der Waals surface area (Å²) in [5.41, 5.74) is 8.10. The maximum Gasteiger partial charge on any atom is 0.0660 e. The van der Waals surface area contributed by atoms with Crippen LogP contribution in [0.4, 0.5) is 0 Å². The van der Waals surface area contributed by atoms with Crippen molar-refractivity contribution in [3.63, 3.8) is 0 Å². The van der Waals surface area contributed by atoms with E-state index in [0.29, 0.717) is 12.5 Å². The van der Waals surface area contributed by atoms with Gasteiger partial charge in [0.15, 0.2) is 0 Å². The summed E-state index contributed by atoms with van der Waals surface area (Å²) >= 11 is 0. The van der Waals surface area contributed by atoms with Crippen molar-refractivity contribution in [3.05, 3.63) is 10.4 Å².